The van der Waals surface area contributed by atoms with Gasteiger partial charge in [-0.15, -0.1) is 0 Å². The second-order valence-corrected chi connectivity index (χ2v) is 29.2. The molecule has 2 saturated carbocycles. The molecule has 12 aliphatic rings. The zero-order chi connectivity index (χ0) is 61.6. The number of rotatable bonds is 5. The number of fused-ring (bicyclic) bond motifs is 12. The Morgan fingerprint density at radius 2 is 0.865 bits per heavy atom. The van der Waals surface area contributed by atoms with Crippen LogP contribution in [0.5, 0.6) is 0 Å². The zero-order valence-electron chi connectivity index (χ0n) is 53.9. The Balaban J connectivity index is 0.000000131. The van der Waals surface area contributed by atoms with E-state index in [4.69, 9.17) is 9.47 Å². The van der Waals surface area contributed by atoms with E-state index >= 15 is 0 Å². The third-order valence-corrected chi connectivity index (χ3v) is 24.8. The molecule has 0 radical (unpaired) electrons. The first-order valence-electron chi connectivity index (χ1n) is 35.0. The van der Waals surface area contributed by atoms with Crippen LogP contribution in [-0.2, 0) is 44.9 Å². The molecular weight excluding hydrogens is 1120 g/mol. The van der Waals surface area contributed by atoms with Crippen LogP contribution in [0.2, 0.25) is 0 Å². The van der Waals surface area contributed by atoms with Gasteiger partial charge < -0.3 is 44.2 Å². The topological polar surface area (TPSA) is 156 Å². The number of ether oxygens (including phenoxy) is 2. The van der Waals surface area contributed by atoms with Gasteiger partial charge in [-0.25, -0.2) is 9.59 Å². The molecule has 3 aromatic carbocycles. The molecule has 1 N–H and O–H groups in total. The van der Waals surface area contributed by atoms with Gasteiger partial charge in [0, 0.05) is 105 Å². The number of hydrogen-bond donors (Lipinski definition) is 1. The Morgan fingerprint density at radius 3 is 1.34 bits per heavy atom. The fraction of sp³-hybridized carbons (Fsp3) is 0.671. The molecule has 16 nitrogen and oxygen atoms in total. The fourth-order valence-electron chi connectivity index (χ4n) is 20.1. The van der Waals surface area contributed by atoms with E-state index in [2.05, 4.69) is 62.5 Å². The summed E-state index contributed by atoms with van der Waals surface area (Å²) < 4.78 is 10.6. The van der Waals surface area contributed by atoms with Crippen molar-refractivity contribution in [2.75, 3.05) is 74.6 Å². The number of nitrogens with zero attached hydrogens (tertiary/aromatic N) is 7. The third-order valence-electron chi connectivity index (χ3n) is 24.8. The molecule has 6 atom stereocenters. The van der Waals surface area contributed by atoms with Crippen LogP contribution in [-0.4, -0.2) is 162 Å². The zero-order valence-corrected chi connectivity index (χ0v) is 53.9. The van der Waals surface area contributed by atoms with Crippen molar-refractivity contribution in [1.29, 1.82) is 0 Å². The summed E-state index contributed by atoms with van der Waals surface area (Å²) in [5.74, 6) is 2.16. The van der Waals surface area contributed by atoms with Crippen LogP contribution in [0, 0.1) is 11.8 Å². The highest BCUT2D eigenvalue weighted by Crippen LogP contribution is 2.52. The van der Waals surface area contributed by atoms with E-state index in [0.29, 0.717) is 68.7 Å². The highest BCUT2D eigenvalue weighted by molar-refractivity contribution is 6.15. The summed E-state index contributed by atoms with van der Waals surface area (Å²) in [5, 5.41) is 3.14. The van der Waals surface area contributed by atoms with Crippen molar-refractivity contribution < 1.29 is 39.7 Å². The van der Waals surface area contributed by atoms with Crippen LogP contribution >= 0.6 is 0 Å². The summed E-state index contributed by atoms with van der Waals surface area (Å²) >= 11 is 0. The summed E-state index contributed by atoms with van der Waals surface area (Å²) in [6, 6.07) is 28.2. The molecule has 89 heavy (non-hydrogen) atoms. The Bertz CT molecular complexity index is 3060. The number of nitrogens with one attached hydrogen (secondary N) is 1. The van der Waals surface area contributed by atoms with Crippen LogP contribution in [0.15, 0.2) is 72.8 Å². The van der Waals surface area contributed by atoms with Crippen LogP contribution in [0.25, 0.3) is 0 Å². The molecule has 2 aliphatic carbocycles. The van der Waals surface area contributed by atoms with Gasteiger partial charge in [-0.3, -0.25) is 24.1 Å². The number of para-hydroxylation sites is 3. The second-order valence-electron chi connectivity index (χ2n) is 29.2. The Hall–Kier alpha value is -5.84. The van der Waals surface area contributed by atoms with E-state index in [1.165, 1.54) is 81.0 Å². The lowest BCUT2D eigenvalue weighted by atomic mass is 9.69. The first-order chi connectivity index (χ1) is 43.2. The predicted molar refractivity (Wildman–Crippen MR) is 348 cm³/mol. The number of imide groups is 1. The number of hydrogen-bond acceptors (Lipinski definition) is 11. The minimum atomic E-state index is -0.203. The molecule has 3 spiro atoms. The number of carbonyl (C=O) groups is 6. The van der Waals surface area contributed by atoms with Gasteiger partial charge in [-0.05, 0) is 228 Å². The highest BCUT2D eigenvalue weighted by Gasteiger charge is 2.51. The van der Waals surface area contributed by atoms with E-state index in [1.54, 1.807) is 0 Å². The summed E-state index contributed by atoms with van der Waals surface area (Å²) in [7, 11) is 1.92. The summed E-state index contributed by atoms with van der Waals surface area (Å²) in [6.07, 6.45) is 26.8. The lowest BCUT2D eigenvalue weighted by Crippen LogP contribution is -2.55. The van der Waals surface area contributed by atoms with Crippen molar-refractivity contribution in [2.24, 2.45) is 11.8 Å². The number of likely N-dealkylation sites (tertiary alicyclic amines) is 3. The van der Waals surface area contributed by atoms with Gasteiger partial charge in [0.2, 0.25) is 23.6 Å². The average molecular weight is 1220 g/mol. The van der Waals surface area contributed by atoms with Crippen LogP contribution < -0.4 is 15.1 Å². The molecule has 15 rings (SSSR count). The summed E-state index contributed by atoms with van der Waals surface area (Å²) in [6.45, 7) is 12.7. The maximum atomic E-state index is 12.8. The van der Waals surface area contributed by atoms with E-state index in [0.717, 1.165) is 163 Å². The molecule has 0 aromatic heterocycles. The first-order valence-corrected chi connectivity index (χ1v) is 35.0. The molecule has 482 valence electrons. The second kappa shape index (κ2) is 26.0. The number of benzene rings is 3. The van der Waals surface area contributed by atoms with Gasteiger partial charge in [-0.2, -0.15) is 0 Å². The molecule has 16 heteroatoms. The van der Waals surface area contributed by atoms with Gasteiger partial charge in [0.05, 0.1) is 18.9 Å². The number of carbonyl (C=O) groups excluding carboxylic acids is 6. The minimum absolute atomic E-state index is 0. The van der Waals surface area contributed by atoms with Gasteiger partial charge in [0.25, 0.3) is 0 Å². The number of anilines is 3. The number of amides is 6. The van der Waals surface area contributed by atoms with E-state index in [9.17, 15) is 28.8 Å². The summed E-state index contributed by atoms with van der Waals surface area (Å²) in [4.78, 5) is 90.1. The van der Waals surface area contributed by atoms with Crippen molar-refractivity contribution >= 4 is 52.9 Å². The maximum Gasteiger partial charge on any atom is 0.410 e. The number of piperidine rings is 5. The minimum Gasteiger partial charge on any atom is -0.450 e. The molecule has 3 aromatic rings. The first kappa shape index (κ1) is 62.0. The lowest BCUT2D eigenvalue weighted by molar-refractivity contribution is -0.125. The fourth-order valence-corrected chi connectivity index (χ4v) is 20.1. The van der Waals surface area contributed by atoms with Crippen LogP contribution in [0.1, 0.15) is 199 Å². The predicted octanol–water partition coefficient (Wildman–Crippen LogP) is 12.4. The van der Waals surface area contributed by atoms with E-state index in [1.807, 2.05) is 65.9 Å². The Kier molecular flexibility index (Phi) is 18.1. The third kappa shape index (κ3) is 12.2. The molecule has 6 unspecified atom stereocenters. The van der Waals surface area contributed by atoms with Crippen molar-refractivity contribution in [1.82, 2.24) is 24.5 Å². The van der Waals surface area contributed by atoms with Gasteiger partial charge in [-0.1, -0.05) is 67.4 Å². The van der Waals surface area contributed by atoms with Crippen LogP contribution in [0.4, 0.5) is 26.7 Å². The van der Waals surface area contributed by atoms with E-state index < -0.39 is 0 Å². The van der Waals surface area contributed by atoms with Crippen molar-refractivity contribution in [3.05, 3.63) is 89.5 Å². The van der Waals surface area contributed by atoms with Crippen LogP contribution in [0.3, 0.4) is 0 Å². The van der Waals surface area contributed by atoms with Crippen molar-refractivity contribution in [3.63, 3.8) is 0 Å². The Morgan fingerprint density at radius 1 is 0.472 bits per heavy atom. The molecule has 6 amide bonds. The average Bonchev–Trinajstić information content (AvgIpc) is 1.50. The van der Waals surface area contributed by atoms with Gasteiger partial charge >= 0.3 is 12.2 Å². The highest BCUT2D eigenvalue weighted by atomic mass is 16.6. The standard InChI is InChI=1S/C26H35N3O4.C25H35N3O3.C22H30N2O.H2/c1-3-33-25(32)29-19-8-9-20(29)17-21(16-19)27-14-12-26(13-15-27)11-10-24(31)28(18(2)30)23-7-5-4-6-22(23)26;1-3-31-24(30)28-18-8-9-19(28)17-20(16-18)27-14-12-25(13-15-27)11-10-23(29)26(2)22-7-5-4-6-21(22)25;25-21-7-8-22(19-3-1-2-4-20(19)23-21)9-11-24(12-10-22)18-14-16-5-6-17(13-16)15-18;/h4-7,19-21H,3,8-17H2,1-2H3;4-7,18-20H,3,8-17H2,1-2H3;1-4,16-18H,5-15H2,(H,23,25);1H. The quantitative estimate of drug-likeness (QED) is 0.259. The van der Waals surface area contributed by atoms with Crippen molar-refractivity contribution in [3.8, 4) is 0 Å². The lowest BCUT2D eigenvalue weighted by Gasteiger charge is -2.48. The largest absolute Gasteiger partial charge is 0.450 e. The monoisotopic (exact) mass is 1220 g/mol. The molecular formula is C73H102N8O8. The molecule has 6 bridgehead atoms. The Labute approximate surface area is 530 Å². The molecule has 10 heterocycles. The smallest absolute Gasteiger partial charge is 0.410 e. The molecule has 9 fully saturated rings. The summed E-state index contributed by atoms with van der Waals surface area (Å²) in [5.41, 5.74) is 7.11. The van der Waals surface area contributed by atoms with E-state index in [-0.39, 0.29) is 53.5 Å². The normalized spacial score (nSPS) is 31.0. The molecule has 10 aliphatic heterocycles. The maximum absolute atomic E-state index is 12.8. The molecule has 7 saturated heterocycles. The van der Waals surface area contributed by atoms with Crippen molar-refractivity contribution in [2.45, 2.75) is 240 Å². The SMILES string of the molecule is CCOC(=O)N1C2CCC1CC(N1CCC3(CCC(=O)N(C(C)=O)c4ccccc43)CC1)C2.CCOC(=O)N1C2CCC1CC(N1CCC3(CCC(=O)N(C)c4ccccc43)CC1)C2.O=C1CCC2(CCN(C3CC4CCC(C4)C3)CC2)c2ccccc2N1.[HH]. The van der Waals surface area contributed by atoms with Gasteiger partial charge in [0.1, 0.15) is 0 Å². The van der Waals surface area contributed by atoms with Gasteiger partial charge in [0.15, 0.2) is 0 Å².